The van der Waals surface area contributed by atoms with Crippen molar-refractivity contribution in [1.82, 2.24) is 5.32 Å². The van der Waals surface area contributed by atoms with E-state index in [2.05, 4.69) is 5.32 Å². The molecule has 0 fully saturated rings. The molecule has 0 unspecified atom stereocenters. The Morgan fingerprint density at radius 1 is 1.24 bits per heavy atom. The molecule has 130 valence electrons. The van der Waals surface area contributed by atoms with Crippen molar-refractivity contribution in [3.05, 3.63) is 75.8 Å². The van der Waals surface area contributed by atoms with Crippen molar-refractivity contribution in [2.24, 2.45) is 0 Å². The molecule has 0 saturated carbocycles. The minimum absolute atomic E-state index is 0.121. The number of carbonyl (C=O) groups excluding carboxylic acids is 1. The molecule has 0 aliphatic heterocycles. The summed E-state index contributed by atoms with van der Waals surface area (Å²) >= 11 is 0. The lowest BCUT2D eigenvalue weighted by Crippen LogP contribution is -2.24. The topological polar surface area (TPSA) is 107 Å². The van der Waals surface area contributed by atoms with Crippen LogP contribution in [0.15, 0.2) is 54.6 Å². The fourth-order valence-corrected chi connectivity index (χ4v) is 2.07. The van der Waals surface area contributed by atoms with E-state index in [1.165, 1.54) is 12.1 Å². The number of benzene rings is 2. The monoisotopic (exact) mass is 341 g/mol. The number of nitro groups is 1. The summed E-state index contributed by atoms with van der Waals surface area (Å²) in [5, 5.41) is 13.5. The van der Waals surface area contributed by atoms with Gasteiger partial charge < -0.3 is 15.8 Å². The highest BCUT2D eigenvalue weighted by Gasteiger charge is 2.10. The molecule has 2 aromatic rings. The van der Waals surface area contributed by atoms with Crippen molar-refractivity contribution in [1.29, 1.82) is 0 Å². The summed E-state index contributed by atoms with van der Waals surface area (Å²) < 4.78 is 5.09. The molecule has 2 rings (SSSR count). The van der Waals surface area contributed by atoms with E-state index in [0.29, 0.717) is 18.5 Å². The second-order valence-corrected chi connectivity index (χ2v) is 5.25. The maximum atomic E-state index is 11.6. The molecule has 0 aliphatic carbocycles. The van der Waals surface area contributed by atoms with Crippen molar-refractivity contribution in [2.45, 2.75) is 13.0 Å². The number of hydrogen-bond donors (Lipinski definition) is 2. The number of nitrogens with one attached hydrogen (secondary N) is 1. The summed E-state index contributed by atoms with van der Waals surface area (Å²) in [6.07, 6.45) is 3.63. The minimum Gasteiger partial charge on any atom is -0.445 e. The Balaban J connectivity index is 1.72. The van der Waals surface area contributed by atoms with Crippen LogP contribution in [0.4, 0.5) is 16.2 Å². The summed E-state index contributed by atoms with van der Waals surface area (Å²) in [7, 11) is 0. The number of nitrogens with two attached hydrogens (primary N) is 1. The molecule has 7 nitrogen and oxygen atoms in total. The lowest BCUT2D eigenvalue weighted by molar-refractivity contribution is -0.383. The number of ether oxygens (including phenoxy) is 1. The Morgan fingerprint density at radius 3 is 2.72 bits per heavy atom. The fourth-order valence-electron chi connectivity index (χ4n) is 2.07. The Bertz CT molecular complexity index is 760. The van der Waals surface area contributed by atoms with Crippen LogP contribution >= 0.6 is 0 Å². The molecule has 0 atom stereocenters. The standard InChI is InChI=1S/C18H19N3O4/c19-16-10-9-14(12-17(16)21(23)24)6-4-5-11-20-18(22)25-13-15-7-2-1-3-8-15/h1-4,6-10,12H,5,11,13,19H2,(H,20,22). The second-order valence-electron chi connectivity index (χ2n) is 5.25. The summed E-state index contributed by atoms with van der Waals surface area (Å²) in [6, 6.07) is 14.0. The lowest BCUT2D eigenvalue weighted by atomic mass is 10.1. The third-order valence-electron chi connectivity index (χ3n) is 3.35. The molecular weight excluding hydrogens is 322 g/mol. The molecule has 0 aliphatic rings. The first kappa shape index (κ1) is 18.0. The highest BCUT2D eigenvalue weighted by molar-refractivity contribution is 5.67. The Labute approximate surface area is 145 Å². The molecule has 0 bridgehead atoms. The number of carbonyl (C=O) groups is 1. The maximum absolute atomic E-state index is 11.6. The molecule has 0 spiro atoms. The van der Waals surface area contributed by atoms with Crippen molar-refractivity contribution in [3.63, 3.8) is 0 Å². The first-order valence-corrected chi connectivity index (χ1v) is 7.71. The van der Waals surface area contributed by atoms with Crippen LogP contribution in [-0.2, 0) is 11.3 Å². The van der Waals surface area contributed by atoms with Gasteiger partial charge in [0, 0.05) is 12.6 Å². The normalized spacial score (nSPS) is 10.6. The first-order valence-electron chi connectivity index (χ1n) is 7.71. The molecule has 0 saturated heterocycles. The predicted molar refractivity (Wildman–Crippen MR) is 95.8 cm³/mol. The predicted octanol–water partition coefficient (Wildman–Crippen LogP) is 3.51. The molecule has 0 aromatic heterocycles. The van der Waals surface area contributed by atoms with Crippen molar-refractivity contribution < 1.29 is 14.5 Å². The van der Waals surface area contributed by atoms with Crippen LogP contribution in [0.1, 0.15) is 17.5 Å². The van der Waals surface area contributed by atoms with Crippen LogP contribution in [0, 0.1) is 10.1 Å². The number of alkyl carbamates (subject to hydrolysis) is 1. The van der Waals surface area contributed by atoms with Gasteiger partial charge in [-0.05, 0) is 23.6 Å². The summed E-state index contributed by atoms with van der Waals surface area (Å²) in [6.45, 7) is 0.624. The Kier molecular flexibility index (Phi) is 6.53. The van der Waals surface area contributed by atoms with Gasteiger partial charge >= 0.3 is 6.09 Å². The van der Waals surface area contributed by atoms with E-state index < -0.39 is 11.0 Å². The maximum Gasteiger partial charge on any atom is 0.407 e. The van der Waals surface area contributed by atoms with Crippen LogP contribution in [0.5, 0.6) is 0 Å². The van der Waals surface area contributed by atoms with Gasteiger partial charge in [0.05, 0.1) is 4.92 Å². The van der Waals surface area contributed by atoms with Gasteiger partial charge in [0.15, 0.2) is 0 Å². The average Bonchev–Trinajstić information content (AvgIpc) is 2.61. The molecule has 2 aromatic carbocycles. The van der Waals surface area contributed by atoms with E-state index in [-0.39, 0.29) is 18.0 Å². The molecule has 7 heteroatoms. The fraction of sp³-hybridized carbons (Fsp3) is 0.167. The van der Waals surface area contributed by atoms with E-state index in [9.17, 15) is 14.9 Å². The zero-order chi connectivity index (χ0) is 18.1. The van der Waals surface area contributed by atoms with E-state index >= 15 is 0 Å². The molecule has 25 heavy (non-hydrogen) atoms. The van der Waals surface area contributed by atoms with Crippen LogP contribution < -0.4 is 11.1 Å². The smallest absolute Gasteiger partial charge is 0.407 e. The molecular formula is C18H19N3O4. The Morgan fingerprint density at radius 2 is 2.00 bits per heavy atom. The number of rotatable bonds is 7. The van der Waals surface area contributed by atoms with Gasteiger partial charge in [0.1, 0.15) is 12.3 Å². The second kappa shape index (κ2) is 9.07. The molecule has 1 amide bonds. The SMILES string of the molecule is Nc1ccc(C=CCCNC(=O)OCc2ccccc2)cc1[N+](=O)[O-]. The van der Waals surface area contributed by atoms with Crippen LogP contribution in [0.2, 0.25) is 0 Å². The number of anilines is 1. The number of nitro benzene ring substituents is 1. The summed E-state index contributed by atoms with van der Waals surface area (Å²) in [5.74, 6) is 0. The summed E-state index contributed by atoms with van der Waals surface area (Å²) in [4.78, 5) is 21.9. The highest BCUT2D eigenvalue weighted by atomic mass is 16.6. The molecule has 0 radical (unpaired) electrons. The minimum atomic E-state index is -0.517. The van der Waals surface area contributed by atoms with Crippen molar-refractivity contribution in [2.75, 3.05) is 12.3 Å². The van der Waals surface area contributed by atoms with Crippen molar-refractivity contribution in [3.8, 4) is 0 Å². The highest BCUT2D eigenvalue weighted by Crippen LogP contribution is 2.22. The third-order valence-corrected chi connectivity index (χ3v) is 3.35. The summed E-state index contributed by atoms with van der Waals surface area (Å²) in [5.41, 5.74) is 7.15. The van der Waals surface area contributed by atoms with Gasteiger partial charge in [-0.3, -0.25) is 10.1 Å². The van der Waals surface area contributed by atoms with E-state index in [1.807, 2.05) is 36.4 Å². The van der Waals surface area contributed by atoms with Gasteiger partial charge in [-0.1, -0.05) is 48.6 Å². The lowest BCUT2D eigenvalue weighted by Gasteiger charge is -2.05. The zero-order valence-electron chi connectivity index (χ0n) is 13.6. The van der Waals surface area contributed by atoms with Gasteiger partial charge in [-0.15, -0.1) is 0 Å². The van der Waals surface area contributed by atoms with Crippen LogP contribution in [0.25, 0.3) is 6.08 Å². The first-order chi connectivity index (χ1) is 12.1. The zero-order valence-corrected chi connectivity index (χ0v) is 13.6. The van der Waals surface area contributed by atoms with E-state index in [1.54, 1.807) is 12.1 Å². The quantitative estimate of drug-likeness (QED) is 0.347. The number of nitrogens with zero attached hydrogens (tertiary/aromatic N) is 1. The number of nitrogen functional groups attached to an aromatic ring is 1. The van der Waals surface area contributed by atoms with Crippen molar-refractivity contribution >= 4 is 23.5 Å². The van der Waals surface area contributed by atoms with Gasteiger partial charge in [-0.25, -0.2) is 4.79 Å². The van der Waals surface area contributed by atoms with Gasteiger partial charge in [0.2, 0.25) is 0 Å². The van der Waals surface area contributed by atoms with Crippen LogP contribution in [-0.4, -0.2) is 17.6 Å². The van der Waals surface area contributed by atoms with Gasteiger partial charge in [-0.2, -0.15) is 0 Å². The average molecular weight is 341 g/mol. The van der Waals surface area contributed by atoms with E-state index in [4.69, 9.17) is 10.5 Å². The van der Waals surface area contributed by atoms with E-state index in [0.717, 1.165) is 5.56 Å². The Hall–Kier alpha value is -3.35. The van der Waals surface area contributed by atoms with Gasteiger partial charge in [0.25, 0.3) is 5.69 Å². The third kappa shape index (κ3) is 5.98. The largest absolute Gasteiger partial charge is 0.445 e. The molecule has 0 heterocycles. The number of amides is 1. The number of hydrogen-bond acceptors (Lipinski definition) is 5. The molecule has 3 N–H and O–H groups in total. The van der Waals surface area contributed by atoms with Crippen LogP contribution in [0.3, 0.4) is 0 Å².